The highest BCUT2D eigenvalue weighted by Gasteiger charge is 2.28. The van der Waals surface area contributed by atoms with Gasteiger partial charge in [0.15, 0.2) is 5.96 Å². The molecule has 2 aromatic rings. The van der Waals surface area contributed by atoms with Crippen LogP contribution in [0.4, 0.5) is 4.39 Å². The summed E-state index contributed by atoms with van der Waals surface area (Å²) in [6, 6.07) is 6.05. The molecule has 0 saturated carbocycles. The number of carbonyl (C=O) groups excluding carboxylic acids is 1. The molecular weight excluding hydrogens is 387 g/mol. The summed E-state index contributed by atoms with van der Waals surface area (Å²) >= 11 is 0. The summed E-state index contributed by atoms with van der Waals surface area (Å²) in [6.07, 6.45) is 4.01. The average Bonchev–Trinajstić information content (AvgIpc) is 3.23. The molecule has 8 heteroatoms. The van der Waals surface area contributed by atoms with Crippen LogP contribution in [0.2, 0.25) is 0 Å². The quantitative estimate of drug-likeness (QED) is 0.424. The minimum Gasteiger partial charge on any atom is -0.466 e. The lowest BCUT2D eigenvalue weighted by atomic mass is 9.98. The van der Waals surface area contributed by atoms with Crippen molar-refractivity contribution in [2.75, 3.05) is 32.8 Å². The first-order valence-electron chi connectivity index (χ1n) is 10.5. The molecule has 1 fully saturated rings. The number of aliphatic imine (C=N–C) groups is 1. The molecule has 1 atom stereocenters. The summed E-state index contributed by atoms with van der Waals surface area (Å²) in [5.41, 5.74) is 1.52. The fourth-order valence-electron chi connectivity index (χ4n) is 3.47. The highest BCUT2D eigenvalue weighted by Crippen LogP contribution is 2.20. The molecule has 1 aromatic heterocycles. The number of hydrogen-bond acceptors (Lipinski definition) is 5. The largest absolute Gasteiger partial charge is 0.466 e. The van der Waals surface area contributed by atoms with Crippen LogP contribution in [0.1, 0.15) is 32.4 Å². The number of benzene rings is 1. The van der Waals surface area contributed by atoms with Crippen molar-refractivity contribution in [2.45, 2.75) is 33.1 Å². The zero-order chi connectivity index (χ0) is 21.3. The Morgan fingerprint density at radius 2 is 2.17 bits per heavy atom. The SMILES string of the molecule is CCNC(=NCCc1coc(-c2ccc(F)cc2)n1)N1CCCC(C(=O)OCC)C1. The van der Waals surface area contributed by atoms with E-state index in [1.807, 2.05) is 13.8 Å². The molecule has 1 aliphatic heterocycles. The van der Waals surface area contributed by atoms with Gasteiger partial charge in [-0.05, 0) is 51.0 Å². The number of guanidine groups is 1. The van der Waals surface area contributed by atoms with Gasteiger partial charge >= 0.3 is 5.97 Å². The third-order valence-corrected chi connectivity index (χ3v) is 4.95. The van der Waals surface area contributed by atoms with Crippen molar-refractivity contribution < 1.29 is 18.3 Å². The summed E-state index contributed by atoms with van der Waals surface area (Å²) in [5.74, 6) is 0.729. The number of piperidine rings is 1. The van der Waals surface area contributed by atoms with Gasteiger partial charge in [0.05, 0.1) is 18.2 Å². The first-order chi connectivity index (χ1) is 14.6. The topological polar surface area (TPSA) is 80.0 Å². The molecule has 7 nitrogen and oxygen atoms in total. The Hall–Kier alpha value is -2.90. The Kier molecular flexibility index (Phi) is 7.82. The number of aromatic nitrogens is 1. The van der Waals surface area contributed by atoms with E-state index in [2.05, 4.69) is 15.2 Å². The predicted octanol–water partition coefficient (Wildman–Crippen LogP) is 3.26. The van der Waals surface area contributed by atoms with Gasteiger partial charge in [0.1, 0.15) is 12.1 Å². The molecule has 0 aliphatic carbocycles. The molecule has 0 bridgehead atoms. The van der Waals surface area contributed by atoms with E-state index in [-0.39, 0.29) is 17.7 Å². The van der Waals surface area contributed by atoms with Crippen LogP contribution in [0.15, 0.2) is 39.9 Å². The monoisotopic (exact) mass is 416 g/mol. The number of likely N-dealkylation sites (tertiary alicyclic amines) is 1. The lowest BCUT2D eigenvalue weighted by Gasteiger charge is -2.34. The molecule has 162 valence electrons. The van der Waals surface area contributed by atoms with E-state index < -0.39 is 0 Å². The molecular formula is C22H29FN4O3. The highest BCUT2D eigenvalue weighted by atomic mass is 19.1. The summed E-state index contributed by atoms with van der Waals surface area (Å²) in [5, 5.41) is 3.31. The van der Waals surface area contributed by atoms with Gasteiger partial charge < -0.3 is 19.4 Å². The van der Waals surface area contributed by atoms with Crippen molar-refractivity contribution >= 4 is 11.9 Å². The number of ether oxygens (including phenoxy) is 1. The normalized spacial score (nSPS) is 17.1. The molecule has 3 rings (SSSR count). The standard InChI is InChI=1S/C22H29FN4O3/c1-3-24-22(27-13-5-6-17(14-27)21(28)29-4-2)25-12-11-19-15-30-20(26-19)16-7-9-18(23)10-8-16/h7-10,15,17H,3-6,11-14H2,1-2H3,(H,24,25). The van der Waals surface area contributed by atoms with Gasteiger partial charge in [0.25, 0.3) is 0 Å². The Morgan fingerprint density at radius 1 is 1.37 bits per heavy atom. The Labute approximate surface area is 176 Å². The van der Waals surface area contributed by atoms with E-state index in [0.29, 0.717) is 32.0 Å². The third-order valence-electron chi connectivity index (χ3n) is 4.95. The number of halogens is 1. The van der Waals surface area contributed by atoms with Crippen LogP contribution in [-0.4, -0.2) is 54.6 Å². The average molecular weight is 416 g/mol. The van der Waals surface area contributed by atoms with Crippen LogP contribution >= 0.6 is 0 Å². The van der Waals surface area contributed by atoms with Crippen LogP contribution in [0, 0.1) is 11.7 Å². The van der Waals surface area contributed by atoms with Gasteiger partial charge in [-0.25, -0.2) is 9.37 Å². The zero-order valence-corrected chi connectivity index (χ0v) is 17.6. The van der Waals surface area contributed by atoms with Gasteiger partial charge in [-0.1, -0.05) is 0 Å². The molecule has 1 saturated heterocycles. The lowest BCUT2D eigenvalue weighted by Crippen LogP contribution is -2.48. The number of oxazole rings is 1. The number of esters is 1. The molecule has 2 heterocycles. The van der Waals surface area contributed by atoms with Crippen LogP contribution in [0.25, 0.3) is 11.5 Å². The van der Waals surface area contributed by atoms with E-state index in [1.165, 1.54) is 12.1 Å². The summed E-state index contributed by atoms with van der Waals surface area (Å²) in [4.78, 5) is 23.4. The molecule has 0 spiro atoms. The van der Waals surface area contributed by atoms with E-state index in [9.17, 15) is 9.18 Å². The van der Waals surface area contributed by atoms with Crippen LogP contribution in [0.5, 0.6) is 0 Å². The molecule has 1 unspecified atom stereocenters. The number of rotatable bonds is 7. The van der Waals surface area contributed by atoms with Gasteiger partial charge in [-0.3, -0.25) is 9.79 Å². The van der Waals surface area contributed by atoms with Gasteiger partial charge in [-0.2, -0.15) is 0 Å². The van der Waals surface area contributed by atoms with E-state index in [0.717, 1.165) is 43.1 Å². The fourth-order valence-corrected chi connectivity index (χ4v) is 3.47. The zero-order valence-electron chi connectivity index (χ0n) is 17.6. The first kappa shape index (κ1) is 21.8. The second-order valence-electron chi connectivity index (χ2n) is 7.17. The number of nitrogens with one attached hydrogen (secondary N) is 1. The third kappa shape index (κ3) is 5.81. The maximum absolute atomic E-state index is 13.1. The van der Waals surface area contributed by atoms with E-state index in [1.54, 1.807) is 18.4 Å². The van der Waals surface area contributed by atoms with Gasteiger partial charge in [-0.15, -0.1) is 0 Å². The highest BCUT2D eigenvalue weighted by molar-refractivity contribution is 5.81. The maximum Gasteiger partial charge on any atom is 0.310 e. The second kappa shape index (κ2) is 10.8. The summed E-state index contributed by atoms with van der Waals surface area (Å²) in [7, 11) is 0. The van der Waals surface area contributed by atoms with Crippen molar-refractivity contribution in [1.82, 2.24) is 15.2 Å². The Balaban J connectivity index is 1.60. The summed E-state index contributed by atoms with van der Waals surface area (Å²) < 4.78 is 23.8. The van der Waals surface area contributed by atoms with Gasteiger partial charge in [0, 0.05) is 38.2 Å². The van der Waals surface area contributed by atoms with Crippen LogP contribution in [0.3, 0.4) is 0 Å². The lowest BCUT2D eigenvalue weighted by molar-refractivity contribution is -0.149. The summed E-state index contributed by atoms with van der Waals surface area (Å²) in [6.45, 7) is 7.02. The van der Waals surface area contributed by atoms with Crippen molar-refractivity contribution in [3.63, 3.8) is 0 Å². The Bertz CT molecular complexity index is 850. The molecule has 0 amide bonds. The number of carbonyl (C=O) groups is 1. The van der Waals surface area contributed by atoms with E-state index >= 15 is 0 Å². The van der Waals surface area contributed by atoms with Crippen molar-refractivity contribution in [3.8, 4) is 11.5 Å². The predicted molar refractivity (Wildman–Crippen MR) is 113 cm³/mol. The molecule has 30 heavy (non-hydrogen) atoms. The Morgan fingerprint density at radius 3 is 2.90 bits per heavy atom. The molecule has 1 N–H and O–H groups in total. The smallest absolute Gasteiger partial charge is 0.310 e. The molecule has 0 radical (unpaired) electrons. The number of nitrogens with zero attached hydrogens (tertiary/aromatic N) is 3. The van der Waals surface area contributed by atoms with E-state index in [4.69, 9.17) is 14.1 Å². The van der Waals surface area contributed by atoms with Gasteiger partial charge in [0.2, 0.25) is 5.89 Å². The van der Waals surface area contributed by atoms with Crippen LogP contribution < -0.4 is 5.32 Å². The molecule has 1 aromatic carbocycles. The fraction of sp³-hybridized carbons (Fsp3) is 0.500. The minimum absolute atomic E-state index is 0.114. The molecule has 1 aliphatic rings. The van der Waals surface area contributed by atoms with Crippen molar-refractivity contribution in [1.29, 1.82) is 0 Å². The van der Waals surface area contributed by atoms with Crippen LogP contribution in [-0.2, 0) is 16.0 Å². The minimum atomic E-state index is -0.293. The first-order valence-corrected chi connectivity index (χ1v) is 10.5. The van der Waals surface area contributed by atoms with Crippen molar-refractivity contribution in [3.05, 3.63) is 42.0 Å². The number of hydrogen-bond donors (Lipinski definition) is 1. The second-order valence-corrected chi connectivity index (χ2v) is 7.17. The maximum atomic E-state index is 13.1. The van der Waals surface area contributed by atoms with Crippen molar-refractivity contribution in [2.24, 2.45) is 10.9 Å².